The summed E-state index contributed by atoms with van der Waals surface area (Å²) in [5.74, 6) is 10.7. The molecule has 3 saturated carbocycles. The van der Waals surface area contributed by atoms with Crippen molar-refractivity contribution in [2.45, 2.75) is 111 Å². The van der Waals surface area contributed by atoms with E-state index in [4.69, 9.17) is 11.6 Å². The Bertz CT molecular complexity index is 839. The average Bonchev–Trinajstić information content (AvgIpc) is 3.19. The smallest absolute Gasteiger partial charge is 0.224 e. The largest absolute Gasteiger partial charge is 0.324 e. The van der Waals surface area contributed by atoms with Crippen LogP contribution in [0.1, 0.15) is 105 Å². The number of Topliss-reactive ketones (excluding diaryl/α,β-unsaturated/α-hetero) is 1. The lowest BCUT2D eigenvalue weighted by Gasteiger charge is -2.60. The molecule has 0 aromatic carbocycles. The Kier molecular flexibility index (Phi) is 7.62. The van der Waals surface area contributed by atoms with E-state index in [0.717, 1.165) is 47.4 Å². The summed E-state index contributed by atoms with van der Waals surface area (Å²) in [6.07, 6.45) is 15.8. The van der Waals surface area contributed by atoms with Crippen LogP contribution in [0.2, 0.25) is 0 Å². The number of ketones is 1. The van der Waals surface area contributed by atoms with Gasteiger partial charge in [0.15, 0.2) is 5.78 Å². The number of carbonyl (C=O) groups excluding carboxylic acids is 2. The number of hydrazine groups is 1. The van der Waals surface area contributed by atoms with Crippen LogP contribution < -0.4 is 11.6 Å². The molecule has 8 atom stereocenters. The van der Waals surface area contributed by atoms with Crippen molar-refractivity contribution < 1.29 is 9.59 Å². The first kappa shape index (κ1) is 26.9. The Morgan fingerprint density at radius 3 is 2.51 bits per heavy atom. The molecule has 0 aliphatic heterocycles. The predicted molar refractivity (Wildman–Crippen MR) is 142 cm³/mol. The van der Waals surface area contributed by atoms with Crippen LogP contribution in [-0.2, 0) is 9.59 Å². The highest BCUT2D eigenvalue weighted by molar-refractivity contribution is 5.92. The fourth-order valence-corrected chi connectivity index (χ4v) is 9.56. The van der Waals surface area contributed by atoms with E-state index >= 15 is 0 Å². The van der Waals surface area contributed by atoms with Gasteiger partial charge in [-0.2, -0.15) is 0 Å². The molecule has 35 heavy (non-hydrogen) atoms. The van der Waals surface area contributed by atoms with E-state index in [1.807, 2.05) is 0 Å². The number of rotatable bonds is 9. The van der Waals surface area contributed by atoms with Gasteiger partial charge in [0.25, 0.3) is 0 Å². The quantitative estimate of drug-likeness (QED) is 0.146. The van der Waals surface area contributed by atoms with E-state index in [-0.39, 0.29) is 17.7 Å². The molecule has 4 unspecified atom stereocenters. The highest BCUT2D eigenvalue weighted by atomic mass is 16.2. The molecule has 0 bridgehead atoms. The van der Waals surface area contributed by atoms with Gasteiger partial charge in [-0.1, -0.05) is 65.5 Å². The summed E-state index contributed by atoms with van der Waals surface area (Å²) < 4.78 is 0. The first-order chi connectivity index (χ1) is 16.5. The van der Waals surface area contributed by atoms with Crippen LogP contribution >= 0.6 is 0 Å². The Morgan fingerprint density at radius 1 is 1.11 bits per heavy atom. The van der Waals surface area contributed by atoms with Gasteiger partial charge in [-0.15, -0.1) is 0 Å². The molecule has 4 rings (SSSR count). The van der Waals surface area contributed by atoms with E-state index in [1.54, 1.807) is 0 Å². The molecule has 0 heterocycles. The van der Waals surface area contributed by atoms with Gasteiger partial charge in [0, 0.05) is 6.42 Å². The fraction of sp³-hybridized carbons (Fsp3) is 0.867. The van der Waals surface area contributed by atoms with E-state index < -0.39 is 5.54 Å². The topological polar surface area (TPSA) is 89.4 Å². The van der Waals surface area contributed by atoms with Crippen LogP contribution in [-0.4, -0.2) is 29.3 Å². The van der Waals surface area contributed by atoms with Crippen LogP contribution in [0, 0.1) is 46.3 Å². The van der Waals surface area contributed by atoms with Gasteiger partial charge < -0.3 is 5.73 Å². The monoisotopic (exact) mass is 485 g/mol. The molecule has 0 aromatic heterocycles. The van der Waals surface area contributed by atoms with Crippen LogP contribution in [0.5, 0.6) is 0 Å². The Hall–Kier alpha value is -1.20. The molecule has 5 nitrogen and oxygen atoms in total. The number of fused-ring (bicyclic) bond motifs is 5. The summed E-state index contributed by atoms with van der Waals surface area (Å²) in [7, 11) is 0. The minimum atomic E-state index is -0.971. The van der Waals surface area contributed by atoms with Crippen molar-refractivity contribution in [2.24, 2.45) is 57.9 Å². The van der Waals surface area contributed by atoms with Crippen LogP contribution in [0.15, 0.2) is 11.6 Å². The van der Waals surface area contributed by atoms with Gasteiger partial charge in [0.2, 0.25) is 6.41 Å². The number of nitrogens with two attached hydrogens (primary N) is 2. The number of amides is 1. The Balaban J connectivity index is 1.54. The molecule has 0 spiro atoms. The van der Waals surface area contributed by atoms with Gasteiger partial charge >= 0.3 is 0 Å². The zero-order chi connectivity index (χ0) is 25.6. The van der Waals surface area contributed by atoms with Crippen molar-refractivity contribution in [3.05, 3.63) is 11.6 Å². The molecule has 5 heteroatoms. The maximum Gasteiger partial charge on any atom is 0.224 e. The third-order valence-corrected chi connectivity index (χ3v) is 11.7. The zero-order valence-corrected chi connectivity index (χ0v) is 23.0. The molecule has 0 aromatic rings. The molecule has 4 aliphatic carbocycles. The van der Waals surface area contributed by atoms with Crippen molar-refractivity contribution in [3.8, 4) is 0 Å². The minimum Gasteiger partial charge on any atom is -0.324 e. The van der Waals surface area contributed by atoms with Gasteiger partial charge in [-0.25, -0.2) is 5.84 Å². The number of allylic oxidation sites excluding steroid dienone is 1. The fourth-order valence-electron chi connectivity index (χ4n) is 9.56. The summed E-state index contributed by atoms with van der Waals surface area (Å²) >= 11 is 0. The Morgan fingerprint density at radius 2 is 1.86 bits per heavy atom. The third-order valence-electron chi connectivity index (χ3n) is 11.7. The van der Waals surface area contributed by atoms with E-state index in [0.29, 0.717) is 30.6 Å². The maximum absolute atomic E-state index is 12.9. The van der Waals surface area contributed by atoms with Crippen molar-refractivity contribution in [2.75, 3.05) is 6.54 Å². The van der Waals surface area contributed by atoms with E-state index in [9.17, 15) is 9.59 Å². The normalized spacial score (nSPS) is 41.4. The number of hydrogen-bond acceptors (Lipinski definition) is 4. The Labute approximate surface area is 213 Å². The summed E-state index contributed by atoms with van der Waals surface area (Å²) in [6.45, 7) is 12.2. The summed E-state index contributed by atoms with van der Waals surface area (Å²) in [5.41, 5.74) is 6.73. The van der Waals surface area contributed by atoms with Gasteiger partial charge in [0.05, 0.1) is 6.54 Å². The van der Waals surface area contributed by atoms with Crippen molar-refractivity contribution >= 4 is 12.2 Å². The molecule has 0 saturated heterocycles. The second kappa shape index (κ2) is 9.93. The minimum absolute atomic E-state index is 0.0746. The van der Waals surface area contributed by atoms with Crippen LogP contribution in [0.25, 0.3) is 0 Å². The molecule has 0 radical (unpaired) electrons. The van der Waals surface area contributed by atoms with E-state index in [1.165, 1.54) is 50.5 Å². The molecule has 4 aliphatic rings. The molecule has 4 N–H and O–H groups in total. The maximum atomic E-state index is 12.9. The van der Waals surface area contributed by atoms with Gasteiger partial charge in [0.1, 0.15) is 5.54 Å². The molecular weight excluding hydrogens is 434 g/mol. The lowest BCUT2D eigenvalue weighted by molar-refractivity contribution is -0.142. The second-order valence-electron chi connectivity index (χ2n) is 13.6. The number of carbonyl (C=O) groups is 2. The first-order valence-corrected chi connectivity index (χ1v) is 14.5. The van der Waals surface area contributed by atoms with Gasteiger partial charge in [-0.05, 0) is 91.3 Å². The second-order valence-corrected chi connectivity index (χ2v) is 13.6. The third kappa shape index (κ3) is 4.33. The van der Waals surface area contributed by atoms with Crippen LogP contribution in [0.4, 0.5) is 0 Å². The summed E-state index contributed by atoms with van der Waals surface area (Å²) in [6, 6.07) is 0. The van der Waals surface area contributed by atoms with Crippen LogP contribution in [0.3, 0.4) is 0 Å². The van der Waals surface area contributed by atoms with Crippen molar-refractivity contribution in [1.82, 2.24) is 5.01 Å². The molecule has 1 amide bonds. The SMILES string of the molecule is CC(C)CCC[C@@H](C)[C@H]1CCC2C3CC=C4CC(C(=O)CN)(N(N)C=O)CC[C@]4(C)C3CC[C@@]21C. The standard InChI is InChI=1S/C30H51N3O2/c1-20(2)7-6-8-21(3)24-11-12-25-23-10-9-22-17-30(27(35)18-31,33(32)19-34)16-15-28(22,4)26(23)13-14-29(24,25)5/h9,19-21,23-26H,6-8,10-18,31-32H2,1-5H3/t21-,23?,24-,25?,26?,28+,29-,30?/m1/s1. The summed E-state index contributed by atoms with van der Waals surface area (Å²) in [5, 5.41) is 1.12. The summed E-state index contributed by atoms with van der Waals surface area (Å²) in [4.78, 5) is 24.6. The lowest BCUT2D eigenvalue weighted by Crippen LogP contribution is -2.63. The van der Waals surface area contributed by atoms with Crippen molar-refractivity contribution in [1.29, 1.82) is 0 Å². The highest BCUT2D eigenvalue weighted by Gasteiger charge is 2.61. The van der Waals surface area contributed by atoms with Gasteiger partial charge in [-0.3, -0.25) is 14.6 Å². The lowest BCUT2D eigenvalue weighted by atomic mass is 9.46. The van der Waals surface area contributed by atoms with Crippen molar-refractivity contribution in [3.63, 3.8) is 0 Å². The first-order valence-electron chi connectivity index (χ1n) is 14.5. The zero-order valence-electron chi connectivity index (χ0n) is 23.0. The van der Waals surface area contributed by atoms with E-state index in [2.05, 4.69) is 40.7 Å². The number of hydrogen-bond donors (Lipinski definition) is 2. The molecular formula is C30H51N3O2. The predicted octanol–water partition coefficient (Wildman–Crippen LogP) is 5.63. The number of nitrogens with zero attached hydrogens (tertiary/aromatic N) is 1. The molecule has 198 valence electrons. The molecule has 3 fully saturated rings. The highest BCUT2D eigenvalue weighted by Crippen LogP contribution is 2.68. The average molecular weight is 486 g/mol.